The molecule has 6 nitrogen and oxygen atoms in total. The van der Waals surface area contributed by atoms with Crippen molar-refractivity contribution in [1.82, 2.24) is 20.2 Å². The largest absolute Gasteiger partial charge is 0.399 e. The average molecular weight is 284 g/mol. The van der Waals surface area contributed by atoms with E-state index in [1.807, 2.05) is 6.92 Å². The van der Waals surface area contributed by atoms with Crippen LogP contribution in [-0.4, -0.2) is 20.2 Å². The summed E-state index contributed by atoms with van der Waals surface area (Å²) in [7, 11) is 0. The van der Waals surface area contributed by atoms with Crippen molar-refractivity contribution in [3.8, 4) is 17.1 Å². The van der Waals surface area contributed by atoms with Gasteiger partial charge in [0, 0.05) is 16.9 Å². The highest BCUT2D eigenvalue weighted by Crippen LogP contribution is 2.28. The lowest BCUT2D eigenvalue weighted by Crippen LogP contribution is -2.04. The summed E-state index contributed by atoms with van der Waals surface area (Å²) in [6.45, 7) is 1.85. The first-order chi connectivity index (χ1) is 10.1. The number of tetrazole rings is 1. The molecule has 21 heavy (non-hydrogen) atoms. The Morgan fingerprint density at radius 2 is 1.90 bits per heavy atom. The second kappa shape index (κ2) is 4.86. The summed E-state index contributed by atoms with van der Waals surface area (Å²) in [5, 5.41) is 11.6. The SMILES string of the molecule is Cc1ccc(F)cc1-n1nnnc1-c1ccc(N)cc1N. The van der Waals surface area contributed by atoms with E-state index in [2.05, 4.69) is 15.5 Å². The Bertz CT molecular complexity index is 811. The first-order valence-corrected chi connectivity index (χ1v) is 6.26. The lowest BCUT2D eigenvalue weighted by atomic mass is 10.1. The van der Waals surface area contributed by atoms with Crippen molar-refractivity contribution in [3.05, 3.63) is 47.8 Å². The zero-order valence-electron chi connectivity index (χ0n) is 11.3. The van der Waals surface area contributed by atoms with Gasteiger partial charge in [0.25, 0.3) is 0 Å². The fraction of sp³-hybridized carbons (Fsp3) is 0.0714. The maximum atomic E-state index is 13.5. The summed E-state index contributed by atoms with van der Waals surface area (Å²) >= 11 is 0. The third-order valence-electron chi connectivity index (χ3n) is 3.19. The van der Waals surface area contributed by atoms with E-state index in [9.17, 15) is 4.39 Å². The first-order valence-electron chi connectivity index (χ1n) is 6.26. The van der Waals surface area contributed by atoms with Gasteiger partial charge in [-0.1, -0.05) is 6.07 Å². The van der Waals surface area contributed by atoms with Crippen molar-refractivity contribution in [2.45, 2.75) is 6.92 Å². The lowest BCUT2D eigenvalue weighted by Gasteiger charge is -2.09. The smallest absolute Gasteiger partial charge is 0.189 e. The van der Waals surface area contributed by atoms with E-state index >= 15 is 0 Å². The van der Waals surface area contributed by atoms with Gasteiger partial charge in [-0.3, -0.25) is 0 Å². The molecule has 0 saturated carbocycles. The molecule has 0 fully saturated rings. The summed E-state index contributed by atoms with van der Waals surface area (Å²) in [5.41, 5.74) is 14.7. The Labute approximate surface area is 120 Å². The summed E-state index contributed by atoms with van der Waals surface area (Å²) in [6.07, 6.45) is 0. The molecule has 4 N–H and O–H groups in total. The molecule has 3 rings (SSSR count). The van der Waals surface area contributed by atoms with Crippen molar-refractivity contribution >= 4 is 11.4 Å². The Kier molecular flexibility index (Phi) is 3.02. The van der Waals surface area contributed by atoms with Crippen LogP contribution in [0.1, 0.15) is 5.56 Å². The molecular weight excluding hydrogens is 271 g/mol. The number of nitrogen functional groups attached to an aromatic ring is 2. The molecule has 2 aromatic carbocycles. The zero-order chi connectivity index (χ0) is 15.0. The number of nitrogens with zero attached hydrogens (tertiary/aromatic N) is 4. The minimum absolute atomic E-state index is 0.359. The fourth-order valence-electron chi connectivity index (χ4n) is 2.11. The van der Waals surface area contributed by atoms with Gasteiger partial charge in [-0.25, -0.2) is 4.39 Å². The highest BCUT2D eigenvalue weighted by molar-refractivity contribution is 5.75. The van der Waals surface area contributed by atoms with Crippen LogP contribution in [0.5, 0.6) is 0 Å². The summed E-state index contributed by atoms with van der Waals surface area (Å²) < 4.78 is 14.9. The molecule has 0 radical (unpaired) electrons. The monoisotopic (exact) mass is 284 g/mol. The Morgan fingerprint density at radius 1 is 1.10 bits per heavy atom. The second-order valence-electron chi connectivity index (χ2n) is 4.69. The van der Waals surface area contributed by atoms with E-state index in [1.54, 1.807) is 24.3 Å². The molecule has 1 aromatic heterocycles. The van der Waals surface area contributed by atoms with Gasteiger partial charge in [-0.15, -0.1) is 5.10 Å². The summed E-state index contributed by atoms with van der Waals surface area (Å²) in [4.78, 5) is 0. The topological polar surface area (TPSA) is 95.6 Å². The average Bonchev–Trinajstić information content (AvgIpc) is 2.90. The number of halogens is 1. The highest BCUT2D eigenvalue weighted by Gasteiger charge is 2.15. The molecular formula is C14H13FN6. The molecule has 106 valence electrons. The molecule has 3 aromatic rings. The quantitative estimate of drug-likeness (QED) is 0.701. The molecule has 0 atom stereocenters. The number of benzene rings is 2. The predicted octanol–water partition coefficient (Wildman–Crippen LogP) is 1.94. The van der Waals surface area contributed by atoms with Gasteiger partial charge in [-0.05, 0) is 53.2 Å². The van der Waals surface area contributed by atoms with Crippen LogP contribution in [0.3, 0.4) is 0 Å². The Morgan fingerprint density at radius 3 is 2.67 bits per heavy atom. The van der Waals surface area contributed by atoms with Crippen molar-refractivity contribution in [2.75, 3.05) is 11.5 Å². The van der Waals surface area contributed by atoms with Crippen LogP contribution >= 0.6 is 0 Å². The van der Waals surface area contributed by atoms with E-state index < -0.39 is 0 Å². The fourth-order valence-corrected chi connectivity index (χ4v) is 2.11. The molecule has 0 amide bonds. The zero-order valence-corrected chi connectivity index (χ0v) is 11.3. The number of rotatable bonds is 2. The molecule has 1 heterocycles. The normalized spacial score (nSPS) is 10.8. The minimum Gasteiger partial charge on any atom is -0.399 e. The number of aromatic nitrogens is 4. The molecule has 0 aliphatic carbocycles. The summed E-state index contributed by atoms with van der Waals surface area (Å²) in [6, 6.07) is 9.52. The molecule has 0 unspecified atom stereocenters. The third kappa shape index (κ3) is 2.29. The molecule has 0 spiro atoms. The van der Waals surface area contributed by atoms with E-state index in [0.717, 1.165) is 5.56 Å². The molecule has 0 aliphatic rings. The van der Waals surface area contributed by atoms with Gasteiger partial charge in [0.1, 0.15) is 5.82 Å². The molecule has 0 aliphatic heterocycles. The maximum absolute atomic E-state index is 13.5. The first kappa shape index (κ1) is 13.0. The minimum atomic E-state index is -0.359. The van der Waals surface area contributed by atoms with Crippen molar-refractivity contribution in [1.29, 1.82) is 0 Å². The van der Waals surface area contributed by atoms with Crippen molar-refractivity contribution < 1.29 is 4.39 Å². The highest BCUT2D eigenvalue weighted by atomic mass is 19.1. The van der Waals surface area contributed by atoms with Crippen LogP contribution in [-0.2, 0) is 0 Å². The van der Waals surface area contributed by atoms with Gasteiger partial charge in [0.05, 0.1) is 5.69 Å². The Hall–Kier alpha value is -2.96. The lowest BCUT2D eigenvalue weighted by molar-refractivity contribution is 0.624. The number of hydrogen-bond acceptors (Lipinski definition) is 5. The molecule has 7 heteroatoms. The van der Waals surface area contributed by atoms with Crippen LogP contribution in [0.15, 0.2) is 36.4 Å². The summed E-state index contributed by atoms with van der Waals surface area (Å²) in [5.74, 6) is 0.0727. The van der Waals surface area contributed by atoms with E-state index in [0.29, 0.717) is 28.5 Å². The van der Waals surface area contributed by atoms with Gasteiger partial charge >= 0.3 is 0 Å². The van der Waals surface area contributed by atoms with Crippen LogP contribution < -0.4 is 11.5 Å². The second-order valence-corrected chi connectivity index (χ2v) is 4.69. The van der Waals surface area contributed by atoms with Gasteiger partial charge < -0.3 is 11.5 Å². The molecule has 0 saturated heterocycles. The molecule has 0 bridgehead atoms. The van der Waals surface area contributed by atoms with Crippen LogP contribution in [0.2, 0.25) is 0 Å². The van der Waals surface area contributed by atoms with Crippen LogP contribution in [0.4, 0.5) is 15.8 Å². The number of anilines is 2. The maximum Gasteiger partial charge on any atom is 0.189 e. The van der Waals surface area contributed by atoms with E-state index in [1.165, 1.54) is 16.8 Å². The standard InChI is InChI=1S/C14H13FN6/c1-8-2-3-9(15)6-13(8)21-14(18-19-20-21)11-5-4-10(16)7-12(11)17/h2-7H,16-17H2,1H3. The van der Waals surface area contributed by atoms with Crippen molar-refractivity contribution in [3.63, 3.8) is 0 Å². The van der Waals surface area contributed by atoms with Gasteiger partial charge in [0.15, 0.2) is 5.82 Å². The Balaban J connectivity index is 2.19. The van der Waals surface area contributed by atoms with E-state index in [-0.39, 0.29) is 5.82 Å². The van der Waals surface area contributed by atoms with Gasteiger partial charge in [0.2, 0.25) is 0 Å². The number of hydrogen-bond donors (Lipinski definition) is 2. The number of aryl methyl sites for hydroxylation is 1. The van der Waals surface area contributed by atoms with E-state index in [4.69, 9.17) is 11.5 Å². The van der Waals surface area contributed by atoms with Crippen LogP contribution in [0, 0.1) is 12.7 Å². The third-order valence-corrected chi connectivity index (χ3v) is 3.19. The van der Waals surface area contributed by atoms with Gasteiger partial charge in [-0.2, -0.15) is 4.68 Å². The van der Waals surface area contributed by atoms with Crippen molar-refractivity contribution in [2.24, 2.45) is 0 Å². The number of nitrogens with two attached hydrogens (primary N) is 2. The van der Waals surface area contributed by atoms with Crippen LogP contribution in [0.25, 0.3) is 17.1 Å². The predicted molar refractivity (Wildman–Crippen MR) is 78.1 cm³/mol.